The van der Waals surface area contributed by atoms with E-state index in [0.29, 0.717) is 17.2 Å². The quantitative estimate of drug-likeness (QED) is 0.775. The van der Waals surface area contributed by atoms with Crippen LogP contribution in [0.3, 0.4) is 0 Å². The van der Waals surface area contributed by atoms with Gasteiger partial charge in [-0.05, 0) is 17.5 Å². The predicted octanol–water partition coefficient (Wildman–Crippen LogP) is 2.15. The molecule has 2 heterocycles. The minimum atomic E-state index is -0.0885. The maximum atomic E-state index is 12.1. The summed E-state index contributed by atoms with van der Waals surface area (Å²) in [7, 11) is 1.77. The zero-order valence-electron chi connectivity index (χ0n) is 11.0. The van der Waals surface area contributed by atoms with Gasteiger partial charge in [0.25, 0.3) is 5.91 Å². The van der Waals surface area contributed by atoms with Crippen LogP contribution in [-0.4, -0.2) is 15.7 Å². The fraction of sp³-hybridized carbons (Fsp3) is 0.143. The Bertz CT molecular complexity index is 741. The molecule has 1 amide bonds. The number of nitrogens with two attached hydrogens (primary N) is 1. The van der Waals surface area contributed by atoms with Gasteiger partial charge in [-0.2, -0.15) is 5.10 Å². The van der Waals surface area contributed by atoms with Crippen LogP contribution in [0.15, 0.2) is 36.5 Å². The van der Waals surface area contributed by atoms with E-state index >= 15 is 0 Å². The molecule has 6 heteroatoms. The van der Waals surface area contributed by atoms with Gasteiger partial charge in [-0.1, -0.05) is 18.2 Å². The average molecular weight is 286 g/mol. The SMILES string of the molecule is Cn1ncc(CNC(=O)c2cc3ccccc3s2)c1N. The first-order valence-electron chi connectivity index (χ1n) is 6.18. The number of nitrogens with one attached hydrogen (secondary N) is 1. The number of aryl methyl sites for hydroxylation is 1. The number of fused-ring (bicyclic) bond motifs is 1. The normalized spacial score (nSPS) is 10.8. The lowest BCUT2D eigenvalue weighted by atomic mass is 10.2. The lowest BCUT2D eigenvalue weighted by Crippen LogP contribution is -2.22. The van der Waals surface area contributed by atoms with E-state index in [1.807, 2.05) is 30.3 Å². The number of nitrogen functional groups attached to an aromatic ring is 1. The summed E-state index contributed by atoms with van der Waals surface area (Å²) in [4.78, 5) is 12.8. The van der Waals surface area contributed by atoms with Gasteiger partial charge in [0.1, 0.15) is 5.82 Å². The predicted molar refractivity (Wildman–Crippen MR) is 80.6 cm³/mol. The summed E-state index contributed by atoms with van der Waals surface area (Å²) in [6, 6.07) is 9.85. The first kappa shape index (κ1) is 12.7. The van der Waals surface area contributed by atoms with Gasteiger partial charge < -0.3 is 11.1 Å². The Morgan fingerprint density at radius 1 is 1.45 bits per heavy atom. The van der Waals surface area contributed by atoms with Gasteiger partial charge in [-0.15, -0.1) is 11.3 Å². The van der Waals surface area contributed by atoms with Crippen molar-refractivity contribution in [1.29, 1.82) is 0 Å². The van der Waals surface area contributed by atoms with E-state index in [4.69, 9.17) is 5.73 Å². The van der Waals surface area contributed by atoms with E-state index in [1.54, 1.807) is 17.9 Å². The first-order valence-corrected chi connectivity index (χ1v) is 7.00. The molecule has 0 saturated carbocycles. The number of carbonyl (C=O) groups excluding carboxylic acids is 1. The van der Waals surface area contributed by atoms with Crippen molar-refractivity contribution in [2.75, 3.05) is 5.73 Å². The summed E-state index contributed by atoms with van der Waals surface area (Å²) in [5.41, 5.74) is 6.66. The van der Waals surface area contributed by atoms with Crippen LogP contribution in [0.25, 0.3) is 10.1 Å². The van der Waals surface area contributed by atoms with E-state index in [1.165, 1.54) is 11.3 Å². The van der Waals surface area contributed by atoms with Crippen molar-refractivity contribution in [3.05, 3.63) is 47.0 Å². The van der Waals surface area contributed by atoms with E-state index in [2.05, 4.69) is 10.4 Å². The highest BCUT2D eigenvalue weighted by Crippen LogP contribution is 2.25. The third kappa shape index (κ3) is 2.25. The highest BCUT2D eigenvalue weighted by Gasteiger charge is 2.11. The van der Waals surface area contributed by atoms with Gasteiger partial charge in [0, 0.05) is 23.9 Å². The van der Waals surface area contributed by atoms with Crippen molar-refractivity contribution in [1.82, 2.24) is 15.1 Å². The summed E-state index contributed by atoms with van der Waals surface area (Å²) in [5.74, 6) is 0.482. The van der Waals surface area contributed by atoms with Gasteiger partial charge in [-0.3, -0.25) is 9.48 Å². The summed E-state index contributed by atoms with van der Waals surface area (Å²) in [5, 5.41) is 8.00. The summed E-state index contributed by atoms with van der Waals surface area (Å²) in [6.07, 6.45) is 1.67. The second-order valence-corrected chi connectivity index (χ2v) is 5.59. The van der Waals surface area contributed by atoms with Gasteiger partial charge in [-0.25, -0.2) is 0 Å². The fourth-order valence-electron chi connectivity index (χ4n) is 1.99. The molecule has 0 fully saturated rings. The third-order valence-corrected chi connectivity index (χ3v) is 4.27. The molecule has 0 atom stereocenters. The monoisotopic (exact) mass is 286 g/mol. The molecule has 102 valence electrons. The summed E-state index contributed by atoms with van der Waals surface area (Å²) < 4.78 is 2.69. The topological polar surface area (TPSA) is 72.9 Å². The van der Waals surface area contributed by atoms with Crippen LogP contribution in [0.5, 0.6) is 0 Å². The Morgan fingerprint density at radius 3 is 2.95 bits per heavy atom. The van der Waals surface area contributed by atoms with Gasteiger partial charge in [0.15, 0.2) is 0 Å². The number of hydrogen-bond donors (Lipinski definition) is 2. The van der Waals surface area contributed by atoms with E-state index in [9.17, 15) is 4.79 Å². The Labute approximate surface area is 120 Å². The summed E-state index contributed by atoms with van der Waals surface area (Å²) in [6.45, 7) is 0.382. The molecule has 3 N–H and O–H groups in total. The highest BCUT2D eigenvalue weighted by molar-refractivity contribution is 7.20. The van der Waals surface area contributed by atoms with Crippen molar-refractivity contribution in [2.24, 2.45) is 7.05 Å². The van der Waals surface area contributed by atoms with Crippen molar-refractivity contribution < 1.29 is 4.79 Å². The number of hydrogen-bond acceptors (Lipinski definition) is 4. The molecule has 2 aromatic heterocycles. The largest absolute Gasteiger partial charge is 0.384 e. The molecule has 3 aromatic rings. The molecule has 5 nitrogen and oxygen atoms in total. The van der Waals surface area contributed by atoms with Crippen LogP contribution in [0.4, 0.5) is 5.82 Å². The maximum Gasteiger partial charge on any atom is 0.261 e. The lowest BCUT2D eigenvalue weighted by Gasteiger charge is -2.02. The van der Waals surface area contributed by atoms with Crippen LogP contribution >= 0.6 is 11.3 Å². The standard InChI is InChI=1S/C14H14N4OS/c1-18-13(15)10(8-17-18)7-16-14(19)12-6-9-4-2-3-5-11(9)20-12/h2-6,8H,7,15H2,1H3,(H,16,19). The number of thiophene rings is 1. The number of anilines is 1. The van der Waals surface area contributed by atoms with Gasteiger partial charge in [0.2, 0.25) is 0 Å². The molecular weight excluding hydrogens is 272 g/mol. The van der Waals surface area contributed by atoms with Crippen LogP contribution in [-0.2, 0) is 13.6 Å². The van der Waals surface area contributed by atoms with E-state index in [0.717, 1.165) is 15.6 Å². The second kappa shape index (κ2) is 4.97. The molecule has 0 saturated heterocycles. The van der Waals surface area contributed by atoms with E-state index in [-0.39, 0.29) is 5.91 Å². The number of carbonyl (C=O) groups is 1. The van der Waals surface area contributed by atoms with Crippen LogP contribution < -0.4 is 11.1 Å². The van der Waals surface area contributed by atoms with Crippen LogP contribution in [0.2, 0.25) is 0 Å². The molecule has 0 bridgehead atoms. The maximum absolute atomic E-state index is 12.1. The minimum absolute atomic E-state index is 0.0885. The summed E-state index contributed by atoms with van der Waals surface area (Å²) >= 11 is 1.49. The minimum Gasteiger partial charge on any atom is -0.384 e. The Kier molecular flexibility index (Phi) is 3.15. The zero-order chi connectivity index (χ0) is 14.1. The van der Waals surface area contributed by atoms with Gasteiger partial charge >= 0.3 is 0 Å². The van der Waals surface area contributed by atoms with Crippen LogP contribution in [0, 0.1) is 0 Å². The molecule has 0 unspecified atom stereocenters. The first-order chi connectivity index (χ1) is 9.65. The average Bonchev–Trinajstić information content (AvgIpc) is 3.02. The molecule has 0 aliphatic heterocycles. The molecule has 3 rings (SSSR count). The van der Waals surface area contributed by atoms with E-state index < -0.39 is 0 Å². The zero-order valence-corrected chi connectivity index (χ0v) is 11.8. The molecule has 0 aliphatic carbocycles. The molecular formula is C14H14N4OS. The fourth-order valence-corrected chi connectivity index (χ4v) is 2.96. The van der Waals surface area contributed by atoms with Crippen molar-refractivity contribution in [3.63, 3.8) is 0 Å². The molecule has 0 aliphatic rings. The Balaban J connectivity index is 1.74. The molecule has 20 heavy (non-hydrogen) atoms. The molecule has 1 aromatic carbocycles. The third-order valence-electron chi connectivity index (χ3n) is 3.15. The van der Waals surface area contributed by atoms with Crippen molar-refractivity contribution in [3.8, 4) is 0 Å². The van der Waals surface area contributed by atoms with Crippen molar-refractivity contribution >= 4 is 33.1 Å². The van der Waals surface area contributed by atoms with Crippen molar-refractivity contribution in [2.45, 2.75) is 6.54 Å². The van der Waals surface area contributed by atoms with Gasteiger partial charge in [0.05, 0.1) is 11.1 Å². The Morgan fingerprint density at radius 2 is 2.25 bits per heavy atom. The van der Waals surface area contributed by atoms with Crippen LogP contribution in [0.1, 0.15) is 15.2 Å². The number of amides is 1. The molecule has 0 spiro atoms. The molecule has 0 radical (unpaired) electrons. The lowest BCUT2D eigenvalue weighted by molar-refractivity contribution is 0.0955. The second-order valence-electron chi connectivity index (χ2n) is 4.51. The number of aromatic nitrogens is 2. The number of benzene rings is 1. The smallest absolute Gasteiger partial charge is 0.261 e. The number of nitrogens with zero attached hydrogens (tertiary/aromatic N) is 2. The highest BCUT2D eigenvalue weighted by atomic mass is 32.1. The Hall–Kier alpha value is -2.34. The number of rotatable bonds is 3.